The van der Waals surface area contributed by atoms with Crippen LogP contribution in [-0.2, 0) is 13.1 Å². The molecule has 1 amide bonds. The van der Waals surface area contributed by atoms with Gasteiger partial charge in [-0.25, -0.2) is 14.2 Å². The van der Waals surface area contributed by atoms with E-state index in [9.17, 15) is 9.59 Å². The van der Waals surface area contributed by atoms with Gasteiger partial charge in [0.15, 0.2) is 0 Å². The van der Waals surface area contributed by atoms with Crippen LogP contribution in [0.1, 0.15) is 19.4 Å². The zero-order valence-electron chi connectivity index (χ0n) is 12.7. The highest BCUT2D eigenvalue weighted by molar-refractivity contribution is 5.76. The first-order valence-corrected chi connectivity index (χ1v) is 6.99. The molecule has 0 bridgehead atoms. The maximum Gasteiger partial charge on any atom is 0.337 e. The van der Waals surface area contributed by atoms with Crippen LogP contribution in [0.5, 0.6) is 0 Å². The van der Waals surface area contributed by atoms with E-state index >= 15 is 0 Å². The van der Waals surface area contributed by atoms with E-state index in [0.717, 1.165) is 10.1 Å². The van der Waals surface area contributed by atoms with Gasteiger partial charge in [-0.05, 0) is 19.9 Å². The lowest BCUT2D eigenvalue weighted by atomic mass is 10.4. The second-order valence-electron chi connectivity index (χ2n) is 4.65. The van der Waals surface area contributed by atoms with Crippen LogP contribution in [-0.4, -0.2) is 25.4 Å². The van der Waals surface area contributed by atoms with Gasteiger partial charge in [-0.3, -0.25) is 9.67 Å². The van der Waals surface area contributed by atoms with Crippen LogP contribution in [0.25, 0.3) is 12.7 Å². The van der Waals surface area contributed by atoms with E-state index in [0.29, 0.717) is 17.2 Å². The van der Waals surface area contributed by atoms with Gasteiger partial charge in [0.05, 0.1) is 16.9 Å². The average Bonchev–Trinajstić information content (AvgIpc) is 3.09. The summed E-state index contributed by atoms with van der Waals surface area (Å²) in [4.78, 5) is 24.6. The Bertz CT molecular complexity index is 840. The number of H-pyrrole nitrogens is 1. The first-order chi connectivity index (χ1) is 10.6. The van der Waals surface area contributed by atoms with Gasteiger partial charge >= 0.3 is 11.7 Å². The molecule has 116 valence electrons. The van der Waals surface area contributed by atoms with Crippen molar-refractivity contribution in [2.45, 2.75) is 26.9 Å². The minimum Gasteiger partial charge on any atom is -0.333 e. The maximum atomic E-state index is 12.4. The lowest BCUT2D eigenvalue weighted by molar-refractivity contribution is 0.240. The van der Waals surface area contributed by atoms with Crippen molar-refractivity contribution < 1.29 is 4.79 Å². The molecule has 2 aromatic rings. The molecule has 0 spiro atoms. The number of nitrogens with zero attached hydrogens (tertiary/aromatic N) is 3. The summed E-state index contributed by atoms with van der Waals surface area (Å²) >= 11 is 0. The molecule has 0 aliphatic carbocycles. The van der Waals surface area contributed by atoms with Crippen molar-refractivity contribution in [1.29, 1.82) is 0 Å². The predicted octanol–water partition coefficient (Wildman–Crippen LogP) is -0.0824. The summed E-state index contributed by atoms with van der Waals surface area (Å²) in [5.41, 5.74) is 0.426. The standard InChI is InChI=1S/C15H19N5O2/c1-4-6-7-13-11(3)20(15(22)19(13)5-2)14(21)16-8-12-9-17-18-10-12/h4,6-7,9-10H,3,5,8H2,1-2H3,(H,16,21)(H,17,18)/b6-4-,13-7+. The number of allylic oxidation sites excluding steroid dienone is 2. The highest BCUT2D eigenvalue weighted by Crippen LogP contribution is 1.91. The number of aromatic amines is 1. The zero-order valence-corrected chi connectivity index (χ0v) is 12.7. The molecule has 0 saturated carbocycles. The van der Waals surface area contributed by atoms with Gasteiger partial charge in [-0.1, -0.05) is 18.7 Å². The Labute approximate surface area is 127 Å². The Balaban J connectivity index is 2.39. The molecule has 2 aromatic heterocycles. The van der Waals surface area contributed by atoms with E-state index < -0.39 is 11.7 Å². The molecule has 0 aromatic carbocycles. The minimum atomic E-state index is -0.501. The van der Waals surface area contributed by atoms with Crippen LogP contribution in [0.4, 0.5) is 4.79 Å². The monoisotopic (exact) mass is 301 g/mol. The van der Waals surface area contributed by atoms with Crippen LogP contribution in [0.15, 0.2) is 29.3 Å². The van der Waals surface area contributed by atoms with Crippen molar-refractivity contribution in [3.63, 3.8) is 0 Å². The van der Waals surface area contributed by atoms with Crippen LogP contribution in [0.3, 0.4) is 0 Å². The number of carbonyl (C=O) groups excluding carboxylic acids is 1. The largest absolute Gasteiger partial charge is 0.337 e. The quantitative estimate of drug-likeness (QED) is 0.828. The Kier molecular flexibility index (Phi) is 4.77. The summed E-state index contributed by atoms with van der Waals surface area (Å²) in [6, 6.07) is -0.501. The summed E-state index contributed by atoms with van der Waals surface area (Å²) in [7, 11) is 0. The fraction of sp³-hybridized carbons (Fsp3) is 0.267. The molecule has 2 rings (SSSR count). The average molecular weight is 301 g/mol. The highest BCUT2D eigenvalue weighted by Gasteiger charge is 2.14. The molecule has 0 radical (unpaired) electrons. The fourth-order valence-corrected chi connectivity index (χ4v) is 2.13. The molecule has 7 heteroatoms. The molecule has 2 heterocycles. The first kappa shape index (κ1) is 15.6. The number of rotatable bonds is 4. The number of imidazole rings is 1. The minimum absolute atomic E-state index is 0.284. The van der Waals surface area contributed by atoms with E-state index in [4.69, 9.17) is 0 Å². The third-order valence-corrected chi connectivity index (χ3v) is 3.24. The van der Waals surface area contributed by atoms with Gasteiger partial charge in [0.2, 0.25) is 0 Å². The molecule has 22 heavy (non-hydrogen) atoms. The summed E-state index contributed by atoms with van der Waals surface area (Å²) in [6.07, 6.45) is 8.71. The lowest BCUT2D eigenvalue weighted by Crippen LogP contribution is -2.42. The first-order valence-electron chi connectivity index (χ1n) is 6.99. The van der Waals surface area contributed by atoms with Crippen LogP contribution >= 0.6 is 0 Å². The topological polar surface area (TPSA) is 84.7 Å². The number of carbonyl (C=O) groups is 1. The Morgan fingerprint density at radius 1 is 1.55 bits per heavy atom. The number of hydrogen-bond acceptors (Lipinski definition) is 3. The third kappa shape index (κ3) is 2.93. The molecule has 0 unspecified atom stereocenters. The normalized spacial score (nSPS) is 12.2. The highest BCUT2D eigenvalue weighted by atomic mass is 16.2. The van der Waals surface area contributed by atoms with E-state index in [-0.39, 0.29) is 6.54 Å². The molecule has 0 saturated heterocycles. The summed E-state index contributed by atoms with van der Waals surface area (Å²) in [5, 5.41) is 10.1. The second kappa shape index (κ2) is 6.75. The van der Waals surface area contributed by atoms with Crippen LogP contribution in [0.2, 0.25) is 0 Å². The van der Waals surface area contributed by atoms with Crippen molar-refractivity contribution >= 4 is 18.7 Å². The lowest BCUT2D eigenvalue weighted by Gasteiger charge is -2.03. The Morgan fingerprint density at radius 2 is 2.32 bits per heavy atom. The van der Waals surface area contributed by atoms with Crippen LogP contribution < -0.4 is 21.7 Å². The van der Waals surface area contributed by atoms with Crippen LogP contribution in [0, 0.1) is 0 Å². The van der Waals surface area contributed by atoms with Crippen molar-refractivity contribution in [3.8, 4) is 0 Å². The van der Waals surface area contributed by atoms with E-state index in [1.165, 1.54) is 4.57 Å². The zero-order chi connectivity index (χ0) is 16.1. The van der Waals surface area contributed by atoms with Gasteiger partial charge in [0.1, 0.15) is 0 Å². The van der Waals surface area contributed by atoms with E-state index in [1.54, 1.807) is 18.5 Å². The summed E-state index contributed by atoms with van der Waals surface area (Å²) < 4.78 is 2.57. The van der Waals surface area contributed by atoms with E-state index in [1.807, 2.05) is 26.0 Å². The SMILES string of the molecule is C=c1/c(=C\C=C/C)n(CC)c(=O)n1C(=O)NCc1cn[nH]c1. The fourth-order valence-electron chi connectivity index (χ4n) is 2.13. The second-order valence-corrected chi connectivity index (χ2v) is 4.65. The number of aromatic nitrogens is 4. The van der Waals surface area contributed by atoms with Gasteiger partial charge in [-0.2, -0.15) is 5.10 Å². The Morgan fingerprint density at radius 3 is 2.91 bits per heavy atom. The van der Waals surface area contributed by atoms with Crippen molar-refractivity contribution in [3.05, 3.63) is 51.3 Å². The summed E-state index contributed by atoms with van der Waals surface area (Å²) in [6.45, 7) is 8.34. The molecule has 0 aliphatic rings. The molecule has 0 aliphatic heterocycles. The summed E-state index contributed by atoms with van der Waals surface area (Å²) in [5.74, 6) is 0. The third-order valence-electron chi connectivity index (χ3n) is 3.24. The van der Waals surface area contributed by atoms with Gasteiger partial charge < -0.3 is 5.32 Å². The molecule has 0 fully saturated rings. The van der Waals surface area contributed by atoms with Crippen molar-refractivity contribution in [1.82, 2.24) is 24.6 Å². The molecule has 0 atom stereocenters. The van der Waals surface area contributed by atoms with Crippen molar-refractivity contribution in [2.75, 3.05) is 0 Å². The number of nitrogens with one attached hydrogen (secondary N) is 2. The van der Waals surface area contributed by atoms with Gasteiger partial charge in [-0.15, -0.1) is 0 Å². The predicted molar refractivity (Wildman–Crippen MR) is 84.6 cm³/mol. The van der Waals surface area contributed by atoms with E-state index in [2.05, 4.69) is 22.1 Å². The van der Waals surface area contributed by atoms with Gasteiger partial charge in [0.25, 0.3) is 0 Å². The molecule has 2 N–H and O–H groups in total. The maximum absolute atomic E-state index is 12.4. The number of amides is 1. The smallest absolute Gasteiger partial charge is 0.333 e. The molecule has 7 nitrogen and oxygen atoms in total. The Hall–Kier alpha value is -2.83. The van der Waals surface area contributed by atoms with Crippen molar-refractivity contribution in [2.24, 2.45) is 0 Å². The number of hydrogen-bond donors (Lipinski definition) is 2. The van der Waals surface area contributed by atoms with Gasteiger partial charge in [0, 0.05) is 24.8 Å². The molecular weight excluding hydrogens is 282 g/mol. The molecular formula is C15H19N5O2.